The highest BCUT2D eigenvalue weighted by Crippen LogP contribution is 2.30. The molecule has 2 aromatic rings. The minimum atomic E-state index is -0.513. The molecule has 22 heavy (non-hydrogen) atoms. The molecule has 0 aromatic heterocycles. The lowest BCUT2D eigenvalue weighted by atomic mass is 10.2. The van der Waals surface area contributed by atoms with Crippen molar-refractivity contribution in [2.24, 2.45) is 0 Å². The molecule has 0 amide bonds. The summed E-state index contributed by atoms with van der Waals surface area (Å²) in [6.07, 6.45) is 0. The lowest BCUT2D eigenvalue weighted by Gasteiger charge is -2.12. The van der Waals surface area contributed by atoms with Crippen LogP contribution in [0.3, 0.4) is 0 Å². The zero-order valence-electron chi connectivity index (χ0n) is 12.0. The van der Waals surface area contributed by atoms with Gasteiger partial charge in [0.1, 0.15) is 22.6 Å². The SMILES string of the molecule is COC(=O)c1ccccc1Oc1ccc(I)cc1C(=O)OC. The Labute approximate surface area is 141 Å². The molecule has 0 heterocycles. The van der Waals surface area contributed by atoms with Crippen molar-refractivity contribution in [1.82, 2.24) is 0 Å². The monoisotopic (exact) mass is 412 g/mol. The molecular weight excluding hydrogens is 399 g/mol. The normalized spacial score (nSPS) is 9.95. The number of rotatable bonds is 4. The fraction of sp³-hybridized carbons (Fsp3) is 0.125. The van der Waals surface area contributed by atoms with Gasteiger partial charge in [-0.15, -0.1) is 0 Å². The molecule has 6 heteroatoms. The number of methoxy groups -OCH3 is 2. The van der Waals surface area contributed by atoms with E-state index in [4.69, 9.17) is 14.2 Å². The molecule has 114 valence electrons. The minimum Gasteiger partial charge on any atom is -0.465 e. The van der Waals surface area contributed by atoms with Gasteiger partial charge in [0.05, 0.1) is 14.2 Å². The van der Waals surface area contributed by atoms with Crippen molar-refractivity contribution in [3.63, 3.8) is 0 Å². The first-order chi connectivity index (χ1) is 10.6. The Balaban J connectivity index is 2.44. The van der Waals surface area contributed by atoms with E-state index < -0.39 is 11.9 Å². The number of esters is 2. The molecule has 0 bridgehead atoms. The molecule has 2 rings (SSSR count). The summed E-state index contributed by atoms with van der Waals surface area (Å²) >= 11 is 2.09. The van der Waals surface area contributed by atoms with Crippen LogP contribution in [0.5, 0.6) is 11.5 Å². The second-order valence-electron chi connectivity index (χ2n) is 4.22. The molecule has 0 saturated heterocycles. The lowest BCUT2D eigenvalue weighted by molar-refractivity contribution is 0.0593. The topological polar surface area (TPSA) is 61.8 Å². The second kappa shape index (κ2) is 7.26. The van der Waals surface area contributed by atoms with E-state index in [1.165, 1.54) is 14.2 Å². The molecule has 0 aliphatic heterocycles. The number of para-hydroxylation sites is 1. The van der Waals surface area contributed by atoms with Gasteiger partial charge < -0.3 is 14.2 Å². The van der Waals surface area contributed by atoms with Crippen molar-refractivity contribution in [2.75, 3.05) is 14.2 Å². The molecule has 0 atom stereocenters. The molecule has 2 aromatic carbocycles. The van der Waals surface area contributed by atoms with Crippen LogP contribution in [0.25, 0.3) is 0 Å². The summed E-state index contributed by atoms with van der Waals surface area (Å²) in [7, 11) is 2.60. The molecule has 5 nitrogen and oxygen atoms in total. The van der Waals surface area contributed by atoms with Gasteiger partial charge in [0.15, 0.2) is 0 Å². The van der Waals surface area contributed by atoms with Gasteiger partial charge in [-0.2, -0.15) is 0 Å². The van der Waals surface area contributed by atoms with Crippen LogP contribution in [0.15, 0.2) is 42.5 Å². The smallest absolute Gasteiger partial charge is 0.341 e. The molecule has 0 fully saturated rings. The lowest BCUT2D eigenvalue weighted by Crippen LogP contribution is -2.07. The molecule has 0 radical (unpaired) electrons. The first kappa shape index (κ1) is 16.3. The zero-order chi connectivity index (χ0) is 16.1. The van der Waals surface area contributed by atoms with E-state index in [2.05, 4.69) is 22.6 Å². The Morgan fingerprint density at radius 1 is 0.864 bits per heavy atom. The van der Waals surface area contributed by atoms with Crippen LogP contribution >= 0.6 is 22.6 Å². The number of hydrogen-bond acceptors (Lipinski definition) is 5. The Morgan fingerprint density at radius 2 is 1.45 bits per heavy atom. The van der Waals surface area contributed by atoms with E-state index in [-0.39, 0.29) is 11.1 Å². The second-order valence-corrected chi connectivity index (χ2v) is 5.47. The molecule has 0 saturated carbocycles. The fourth-order valence-electron chi connectivity index (χ4n) is 1.81. The number of halogens is 1. The van der Waals surface area contributed by atoms with Gasteiger partial charge in [-0.1, -0.05) is 12.1 Å². The van der Waals surface area contributed by atoms with Crippen molar-refractivity contribution in [3.05, 3.63) is 57.2 Å². The average Bonchev–Trinajstić information content (AvgIpc) is 2.55. The summed E-state index contributed by atoms with van der Waals surface area (Å²) < 4.78 is 16.1. The number of carbonyl (C=O) groups is 2. The Morgan fingerprint density at radius 3 is 2.14 bits per heavy atom. The highest BCUT2D eigenvalue weighted by atomic mass is 127. The van der Waals surface area contributed by atoms with Crippen molar-refractivity contribution >= 4 is 34.5 Å². The van der Waals surface area contributed by atoms with Gasteiger partial charge in [0, 0.05) is 3.57 Å². The maximum absolute atomic E-state index is 11.9. The van der Waals surface area contributed by atoms with Gasteiger partial charge in [-0.3, -0.25) is 0 Å². The minimum absolute atomic E-state index is 0.277. The summed E-state index contributed by atoms with van der Waals surface area (Å²) in [4.78, 5) is 23.6. The largest absolute Gasteiger partial charge is 0.465 e. The third kappa shape index (κ3) is 3.56. The molecule has 0 aliphatic rings. The first-order valence-electron chi connectivity index (χ1n) is 6.30. The molecule has 0 aliphatic carbocycles. The Kier molecular flexibility index (Phi) is 5.37. The van der Waals surface area contributed by atoms with Gasteiger partial charge in [-0.05, 0) is 52.9 Å². The highest BCUT2D eigenvalue weighted by molar-refractivity contribution is 14.1. The van der Waals surface area contributed by atoms with Gasteiger partial charge in [0.25, 0.3) is 0 Å². The van der Waals surface area contributed by atoms with Crippen molar-refractivity contribution < 1.29 is 23.8 Å². The van der Waals surface area contributed by atoms with Gasteiger partial charge in [0.2, 0.25) is 0 Å². The molecule has 0 N–H and O–H groups in total. The van der Waals surface area contributed by atoms with E-state index >= 15 is 0 Å². The molecule has 0 spiro atoms. The van der Waals surface area contributed by atoms with Crippen molar-refractivity contribution in [2.45, 2.75) is 0 Å². The van der Waals surface area contributed by atoms with Gasteiger partial charge in [-0.25, -0.2) is 9.59 Å². The summed E-state index contributed by atoms with van der Waals surface area (Å²) in [5.74, 6) is -0.408. The van der Waals surface area contributed by atoms with E-state index in [9.17, 15) is 9.59 Å². The fourth-order valence-corrected chi connectivity index (χ4v) is 2.30. The van der Waals surface area contributed by atoms with E-state index in [1.54, 1.807) is 42.5 Å². The number of ether oxygens (including phenoxy) is 3. The highest BCUT2D eigenvalue weighted by Gasteiger charge is 2.18. The number of hydrogen-bond donors (Lipinski definition) is 0. The third-order valence-electron chi connectivity index (χ3n) is 2.86. The first-order valence-corrected chi connectivity index (χ1v) is 7.37. The van der Waals surface area contributed by atoms with E-state index in [0.29, 0.717) is 11.5 Å². The van der Waals surface area contributed by atoms with Crippen molar-refractivity contribution in [3.8, 4) is 11.5 Å². The van der Waals surface area contributed by atoms with Crippen LogP contribution in [0, 0.1) is 3.57 Å². The maximum atomic E-state index is 11.9. The van der Waals surface area contributed by atoms with Crippen LogP contribution in [-0.4, -0.2) is 26.2 Å². The van der Waals surface area contributed by atoms with E-state index in [0.717, 1.165) is 3.57 Å². The summed E-state index contributed by atoms with van der Waals surface area (Å²) in [6, 6.07) is 11.8. The summed E-state index contributed by atoms with van der Waals surface area (Å²) in [5.41, 5.74) is 0.563. The third-order valence-corrected chi connectivity index (χ3v) is 3.53. The Hall–Kier alpha value is -2.09. The van der Waals surface area contributed by atoms with Crippen LogP contribution in [0.4, 0.5) is 0 Å². The average molecular weight is 412 g/mol. The maximum Gasteiger partial charge on any atom is 0.341 e. The van der Waals surface area contributed by atoms with E-state index in [1.807, 2.05) is 0 Å². The number of carbonyl (C=O) groups excluding carboxylic acids is 2. The predicted molar refractivity (Wildman–Crippen MR) is 88.4 cm³/mol. The van der Waals surface area contributed by atoms with Crippen LogP contribution in [0.2, 0.25) is 0 Å². The number of benzene rings is 2. The predicted octanol–water partition coefficient (Wildman–Crippen LogP) is 3.66. The quantitative estimate of drug-likeness (QED) is 0.567. The van der Waals surface area contributed by atoms with Crippen molar-refractivity contribution in [1.29, 1.82) is 0 Å². The molecule has 0 unspecified atom stereocenters. The van der Waals surface area contributed by atoms with Crippen LogP contribution in [-0.2, 0) is 9.47 Å². The van der Waals surface area contributed by atoms with Gasteiger partial charge >= 0.3 is 11.9 Å². The summed E-state index contributed by atoms with van der Waals surface area (Å²) in [5, 5.41) is 0. The zero-order valence-corrected chi connectivity index (χ0v) is 14.1. The van der Waals surface area contributed by atoms with Crippen LogP contribution < -0.4 is 4.74 Å². The standard InChI is InChI=1S/C16H13IO5/c1-20-15(18)11-5-3-4-6-13(11)22-14-8-7-10(17)9-12(14)16(19)21-2/h3-9H,1-2H3. The molecular formula is C16H13IO5. The Bertz CT molecular complexity index is 711. The van der Waals surface area contributed by atoms with Crippen LogP contribution in [0.1, 0.15) is 20.7 Å². The summed E-state index contributed by atoms with van der Waals surface area (Å²) in [6.45, 7) is 0.